The molecule has 4 nitrogen and oxygen atoms in total. The van der Waals surface area contributed by atoms with Crippen LogP contribution in [0.1, 0.15) is 80.1 Å². The van der Waals surface area contributed by atoms with Crippen molar-refractivity contribution in [1.82, 2.24) is 0 Å². The molecule has 252 valence electrons. The third kappa shape index (κ3) is 11.6. The van der Waals surface area contributed by atoms with Crippen molar-refractivity contribution in [2.75, 3.05) is 39.3 Å². The minimum atomic E-state index is -3.67. The maximum Gasteiger partial charge on any atom is 0.200 e. The number of halogens is 9. The molecule has 0 aliphatic carbocycles. The van der Waals surface area contributed by atoms with E-state index in [2.05, 4.69) is 41.5 Å². The van der Waals surface area contributed by atoms with Crippen LogP contribution in [0, 0.1) is 52.4 Å². The van der Waals surface area contributed by atoms with Gasteiger partial charge in [-0.15, -0.1) is 0 Å². The van der Waals surface area contributed by atoms with E-state index >= 15 is 0 Å². The maximum atomic E-state index is 13.7. The van der Waals surface area contributed by atoms with Crippen LogP contribution in [0.15, 0.2) is 0 Å². The van der Waals surface area contributed by atoms with Crippen LogP contribution in [-0.4, -0.2) is 46.4 Å². The highest BCUT2D eigenvalue weighted by Crippen LogP contribution is 2.34. The van der Waals surface area contributed by atoms with E-state index in [1.54, 1.807) is 9.80 Å². The summed E-state index contributed by atoms with van der Waals surface area (Å²) in [6.45, 7) is 21.8. The monoisotopic (exact) mass is 646 g/mol. The molecular weight excluding hydrogens is 602 g/mol. The molecule has 0 aliphatic rings. The zero-order valence-corrected chi connectivity index (χ0v) is 26.3. The summed E-state index contributed by atoms with van der Waals surface area (Å²) in [4.78, 5) is 3.57. The minimum Gasteiger partial charge on any atom is -0.889 e. The number of rotatable bonds is 14. The van der Waals surface area contributed by atoms with Crippen LogP contribution in [0.5, 0.6) is 0 Å². The lowest BCUT2D eigenvalue weighted by Crippen LogP contribution is -3.11. The Morgan fingerprint density at radius 2 is 0.614 bits per heavy atom. The fraction of sp³-hybridized carbons (Fsp3) is 0.600. The molecule has 2 rings (SSSR count). The molecule has 0 aromatic heterocycles. The Hall–Kier alpha value is -2.29. The van der Waals surface area contributed by atoms with Gasteiger partial charge in [0.15, 0.2) is 46.5 Å². The summed E-state index contributed by atoms with van der Waals surface area (Å²) in [5.74, 6) is -24.1. The third-order valence-corrected chi connectivity index (χ3v) is 6.62. The summed E-state index contributed by atoms with van der Waals surface area (Å²) in [6.07, 6.45) is 7.97. The molecule has 0 saturated heterocycles. The topological polar surface area (TPSA) is 55.0 Å². The Morgan fingerprint density at radius 1 is 0.386 bits per heavy atom. The van der Waals surface area contributed by atoms with Gasteiger partial charge in [-0.05, 0) is 38.5 Å². The molecular formula is C30H44BF9N2O2. The van der Waals surface area contributed by atoms with Crippen LogP contribution in [0.2, 0.25) is 0 Å². The van der Waals surface area contributed by atoms with Crippen LogP contribution in [0.3, 0.4) is 0 Å². The lowest BCUT2D eigenvalue weighted by atomic mass is 9.74. The number of hydrogen-bond donors (Lipinski definition) is 2. The van der Waals surface area contributed by atoms with E-state index in [-0.39, 0.29) is 0 Å². The minimum absolute atomic E-state index is 1.33. The summed E-state index contributed by atoms with van der Waals surface area (Å²) in [6, 6.07) is 0. The van der Waals surface area contributed by atoms with Crippen LogP contribution in [0.25, 0.3) is 11.1 Å². The fourth-order valence-electron chi connectivity index (χ4n) is 4.81. The van der Waals surface area contributed by atoms with Gasteiger partial charge >= 0.3 is 0 Å². The molecule has 0 bridgehead atoms. The number of hydrogen-bond acceptors (Lipinski definition) is 2. The Balaban J connectivity index is 0.000000765. The summed E-state index contributed by atoms with van der Waals surface area (Å²) < 4.78 is 120. The molecule has 0 fully saturated rings. The second-order valence-electron chi connectivity index (χ2n) is 10.3. The molecule has 0 atom stereocenters. The van der Waals surface area contributed by atoms with E-state index < -0.39 is 76.1 Å². The molecule has 0 spiro atoms. The first kappa shape index (κ1) is 41.7. The Labute approximate surface area is 255 Å². The van der Waals surface area contributed by atoms with Gasteiger partial charge in [-0.2, -0.15) is 0 Å². The lowest BCUT2D eigenvalue weighted by molar-refractivity contribution is -0.900. The van der Waals surface area contributed by atoms with Crippen LogP contribution < -0.4 is 25.3 Å². The summed E-state index contributed by atoms with van der Waals surface area (Å²) in [5.41, 5.74) is -6.63. The molecule has 14 heteroatoms. The standard InChI is InChI=1S/C12BF9O2.2C9H21N/c14-4-1(3(13(23)24)7(17)11(21)8(4)18)2-5(15)9(19)12(22)10(20)6(2)16;2*1-4-7-10(8-5-2)9-6-3/h;2*4-9H2,1-3H3/q-2;;/p+2. The van der Waals surface area contributed by atoms with Crippen molar-refractivity contribution in [2.24, 2.45) is 0 Å². The van der Waals surface area contributed by atoms with Gasteiger partial charge in [-0.1, -0.05) is 54.1 Å². The zero-order chi connectivity index (χ0) is 34.1. The van der Waals surface area contributed by atoms with Gasteiger partial charge in [0, 0.05) is 5.56 Å². The molecule has 0 aliphatic heterocycles. The first-order valence-electron chi connectivity index (χ1n) is 15.1. The quantitative estimate of drug-likeness (QED) is 0.144. The van der Waals surface area contributed by atoms with Gasteiger partial charge in [0.1, 0.15) is 0 Å². The molecule has 2 aromatic carbocycles. The number of benzene rings is 2. The molecule has 0 saturated carbocycles. The average molecular weight is 646 g/mol. The first-order chi connectivity index (χ1) is 20.7. The molecule has 0 amide bonds. The van der Waals surface area contributed by atoms with Gasteiger partial charge in [0.2, 0.25) is 5.82 Å². The molecule has 2 aromatic rings. The van der Waals surface area contributed by atoms with Crippen LogP contribution in [0.4, 0.5) is 39.5 Å². The summed E-state index contributed by atoms with van der Waals surface area (Å²) >= 11 is 0. The molecule has 44 heavy (non-hydrogen) atoms. The maximum absolute atomic E-state index is 13.7. The Morgan fingerprint density at radius 3 is 0.864 bits per heavy atom. The molecule has 0 unspecified atom stereocenters. The smallest absolute Gasteiger partial charge is 0.200 e. The van der Waals surface area contributed by atoms with Crippen LogP contribution >= 0.6 is 0 Å². The fourth-order valence-corrected chi connectivity index (χ4v) is 4.81. The van der Waals surface area contributed by atoms with Crippen LogP contribution in [-0.2, 0) is 0 Å². The highest BCUT2D eigenvalue weighted by atomic mass is 19.2. The highest BCUT2D eigenvalue weighted by Gasteiger charge is 2.33. The predicted molar refractivity (Wildman–Crippen MR) is 150 cm³/mol. The number of nitrogens with one attached hydrogen (secondary N) is 2. The third-order valence-electron chi connectivity index (χ3n) is 6.62. The summed E-state index contributed by atoms with van der Waals surface area (Å²) in [7, 11) is -3.67. The zero-order valence-electron chi connectivity index (χ0n) is 26.3. The van der Waals surface area contributed by atoms with Crippen molar-refractivity contribution in [3.63, 3.8) is 0 Å². The van der Waals surface area contributed by atoms with Crippen molar-refractivity contribution < 1.29 is 59.4 Å². The Bertz CT molecular complexity index is 1080. The van der Waals surface area contributed by atoms with Crippen molar-refractivity contribution >= 4 is 12.6 Å². The summed E-state index contributed by atoms with van der Waals surface area (Å²) in [5, 5.41) is 21.7. The second-order valence-corrected chi connectivity index (χ2v) is 10.3. The predicted octanol–water partition coefficient (Wildman–Crippen LogP) is 3.22. The van der Waals surface area contributed by atoms with E-state index in [0.717, 1.165) is 0 Å². The van der Waals surface area contributed by atoms with Crippen molar-refractivity contribution in [2.45, 2.75) is 80.1 Å². The first-order valence-corrected chi connectivity index (χ1v) is 15.1. The second kappa shape index (κ2) is 21.5. The molecule has 0 radical (unpaired) electrons. The highest BCUT2D eigenvalue weighted by molar-refractivity contribution is 6.57. The van der Waals surface area contributed by atoms with Crippen molar-refractivity contribution in [3.05, 3.63) is 52.4 Å². The SMILES string of the molecule is CCC[NH+](CCC)CCC.CCC[NH+](CCC)CCC.[O-]B([O-])c1c(F)c(F)c(F)c(F)c1-c1c(F)c(F)c(F)c(F)c1F. The van der Waals surface area contributed by atoms with Crippen molar-refractivity contribution in [3.8, 4) is 11.1 Å². The normalized spacial score (nSPS) is 11.0. The van der Waals surface area contributed by atoms with E-state index in [4.69, 9.17) is 0 Å². The van der Waals surface area contributed by atoms with E-state index in [1.165, 1.54) is 77.8 Å². The van der Waals surface area contributed by atoms with E-state index in [1.807, 2.05) is 0 Å². The molecule has 0 heterocycles. The van der Waals surface area contributed by atoms with Gasteiger partial charge in [0.25, 0.3) is 0 Å². The Kier molecular flexibility index (Phi) is 20.3. The van der Waals surface area contributed by atoms with Crippen molar-refractivity contribution in [1.29, 1.82) is 0 Å². The van der Waals surface area contributed by atoms with E-state index in [9.17, 15) is 49.6 Å². The van der Waals surface area contributed by atoms with Gasteiger partial charge < -0.3 is 19.8 Å². The average Bonchev–Trinajstić information content (AvgIpc) is 2.98. The molecule has 2 N–H and O–H groups in total. The van der Waals surface area contributed by atoms with Gasteiger partial charge in [-0.25, -0.2) is 39.5 Å². The van der Waals surface area contributed by atoms with Gasteiger partial charge in [-0.3, -0.25) is 0 Å². The van der Waals surface area contributed by atoms with Gasteiger partial charge in [0.05, 0.1) is 44.8 Å². The number of quaternary nitrogens is 2. The lowest BCUT2D eigenvalue weighted by Gasteiger charge is -2.30. The van der Waals surface area contributed by atoms with E-state index in [0.29, 0.717) is 0 Å². The largest absolute Gasteiger partial charge is 0.889 e.